The summed E-state index contributed by atoms with van der Waals surface area (Å²) in [7, 11) is -1.56. The third-order valence-corrected chi connectivity index (χ3v) is 5.48. The lowest BCUT2D eigenvalue weighted by Crippen LogP contribution is -2.38. The quantitative estimate of drug-likeness (QED) is 0.818. The molecule has 1 atom stereocenters. The number of hydrogen-bond acceptors (Lipinski definition) is 3. The lowest BCUT2D eigenvalue weighted by atomic mass is 10.1. The minimum atomic E-state index is -3.07. The molecule has 0 saturated carbocycles. The van der Waals surface area contributed by atoms with Crippen LogP contribution in [-0.4, -0.2) is 43.8 Å². The van der Waals surface area contributed by atoms with E-state index in [9.17, 15) is 17.6 Å². The van der Waals surface area contributed by atoms with Gasteiger partial charge in [0.05, 0.1) is 17.1 Å². The maximum Gasteiger partial charge on any atom is 0.256 e. The van der Waals surface area contributed by atoms with Gasteiger partial charge in [0.1, 0.15) is 5.82 Å². The molecule has 104 valence electrons. The van der Waals surface area contributed by atoms with E-state index in [1.54, 1.807) is 6.07 Å². The molecule has 1 fully saturated rings. The highest BCUT2D eigenvalue weighted by Crippen LogP contribution is 2.21. The predicted molar refractivity (Wildman–Crippen MR) is 73.3 cm³/mol. The maximum atomic E-state index is 13.7. The SMILES string of the molecule is CN(C(=O)c1ccc(Br)cc1F)C1CCS(=O)(=O)C1. The number of halogens is 2. The van der Waals surface area contributed by atoms with Gasteiger partial charge < -0.3 is 4.90 Å². The van der Waals surface area contributed by atoms with Crippen molar-refractivity contribution < 1.29 is 17.6 Å². The van der Waals surface area contributed by atoms with Crippen molar-refractivity contribution in [2.45, 2.75) is 12.5 Å². The van der Waals surface area contributed by atoms with Crippen LogP contribution in [0, 0.1) is 5.82 Å². The fourth-order valence-electron chi connectivity index (χ4n) is 2.10. The smallest absolute Gasteiger partial charge is 0.256 e. The van der Waals surface area contributed by atoms with E-state index in [1.165, 1.54) is 24.1 Å². The zero-order valence-electron chi connectivity index (χ0n) is 10.3. The topological polar surface area (TPSA) is 54.5 Å². The summed E-state index contributed by atoms with van der Waals surface area (Å²) in [6.45, 7) is 0. The van der Waals surface area contributed by atoms with Crippen LogP contribution in [0.1, 0.15) is 16.8 Å². The Morgan fingerprint density at radius 1 is 1.47 bits per heavy atom. The molecule has 7 heteroatoms. The molecular formula is C12H13BrFNO3S. The lowest BCUT2D eigenvalue weighted by Gasteiger charge is -2.23. The highest BCUT2D eigenvalue weighted by Gasteiger charge is 2.33. The summed E-state index contributed by atoms with van der Waals surface area (Å²) in [6, 6.07) is 3.81. The molecular weight excluding hydrogens is 337 g/mol. The van der Waals surface area contributed by atoms with Crippen LogP contribution in [0.3, 0.4) is 0 Å². The van der Waals surface area contributed by atoms with Crippen LogP contribution >= 0.6 is 15.9 Å². The summed E-state index contributed by atoms with van der Waals surface area (Å²) >= 11 is 3.12. The number of hydrogen-bond donors (Lipinski definition) is 0. The highest BCUT2D eigenvalue weighted by molar-refractivity contribution is 9.10. The van der Waals surface area contributed by atoms with Crippen molar-refractivity contribution in [2.24, 2.45) is 0 Å². The van der Waals surface area contributed by atoms with Crippen molar-refractivity contribution in [3.05, 3.63) is 34.1 Å². The first kappa shape index (κ1) is 14.5. The molecule has 4 nitrogen and oxygen atoms in total. The number of sulfone groups is 1. The fraction of sp³-hybridized carbons (Fsp3) is 0.417. The van der Waals surface area contributed by atoms with Crippen molar-refractivity contribution in [2.75, 3.05) is 18.6 Å². The largest absolute Gasteiger partial charge is 0.338 e. The molecule has 0 bridgehead atoms. The van der Waals surface area contributed by atoms with Crippen molar-refractivity contribution in [3.8, 4) is 0 Å². The first-order valence-electron chi connectivity index (χ1n) is 5.73. The second-order valence-corrected chi connectivity index (χ2v) is 7.74. The number of carbonyl (C=O) groups is 1. The molecule has 1 aromatic rings. The van der Waals surface area contributed by atoms with Crippen LogP contribution in [0.25, 0.3) is 0 Å². The molecule has 1 aliphatic rings. The van der Waals surface area contributed by atoms with Crippen molar-refractivity contribution >= 4 is 31.7 Å². The highest BCUT2D eigenvalue weighted by atomic mass is 79.9. The fourth-order valence-corrected chi connectivity index (χ4v) is 4.21. The number of amides is 1. The summed E-state index contributed by atoms with van der Waals surface area (Å²) in [4.78, 5) is 13.5. The first-order valence-corrected chi connectivity index (χ1v) is 8.34. The van der Waals surface area contributed by atoms with Crippen LogP contribution in [0.2, 0.25) is 0 Å². The zero-order valence-corrected chi connectivity index (χ0v) is 12.7. The van der Waals surface area contributed by atoms with Gasteiger partial charge in [-0.2, -0.15) is 0 Å². The zero-order chi connectivity index (χ0) is 14.2. The molecule has 2 rings (SSSR count). The van der Waals surface area contributed by atoms with Gasteiger partial charge in [0.25, 0.3) is 5.91 Å². The minimum absolute atomic E-state index is 0.0463. The van der Waals surface area contributed by atoms with E-state index in [-0.39, 0.29) is 23.1 Å². The Bertz CT molecular complexity index is 617. The third kappa shape index (κ3) is 3.14. The molecule has 19 heavy (non-hydrogen) atoms. The molecule has 0 N–H and O–H groups in total. The average Bonchev–Trinajstić information content (AvgIpc) is 2.68. The van der Waals surface area contributed by atoms with Gasteiger partial charge in [-0.05, 0) is 24.6 Å². The van der Waals surface area contributed by atoms with Crippen molar-refractivity contribution in [1.82, 2.24) is 4.90 Å². The van der Waals surface area contributed by atoms with Crippen molar-refractivity contribution in [3.63, 3.8) is 0 Å². The normalized spacial score (nSPS) is 21.3. The van der Waals surface area contributed by atoms with Crippen LogP contribution in [0.4, 0.5) is 4.39 Å². The molecule has 0 aliphatic carbocycles. The number of carbonyl (C=O) groups excluding carboxylic acids is 1. The van der Waals surface area contributed by atoms with Crippen LogP contribution in [0.15, 0.2) is 22.7 Å². The molecule has 1 aliphatic heterocycles. The van der Waals surface area contributed by atoms with Crippen LogP contribution in [-0.2, 0) is 9.84 Å². The predicted octanol–water partition coefficient (Wildman–Crippen LogP) is 1.85. The summed E-state index contributed by atoms with van der Waals surface area (Å²) < 4.78 is 37.0. The van der Waals surface area contributed by atoms with Gasteiger partial charge in [-0.25, -0.2) is 12.8 Å². The van der Waals surface area contributed by atoms with Crippen LogP contribution in [0.5, 0.6) is 0 Å². The van der Waals surface area contributed by atoms with E-state index in [2.05, 4.69) is 15.9 Å². The summed E-state index contributed by atoms with van der Waals surface area (Å²) in [6.07, 6.45) is 0.405. The van der Waals surface area contributed by atoms with Gasteiger partial charge in [-0.1, -0.05) is 15.9 Å². The number of benzene rings is 1. The Morgan fingerprint density at radius 3 is 2.68 bits per heavy atom. The molecule has 1 heterocycles. The Labute approximate surface area is 119 Å². The van der Waals surface area contributed by atoms with Gasteiger partial charge in [0.15, 0.2) is 9.84 Å². The minimum Gasteiger partial charge on any atom is -0.338 e. The van der Waals surface area contributed by atoms with E-state index in [0.717, 1.165) is 0 Å². The first-order chi connectivity index (χ1) is 8.80. The van der Waals surface area contributed by atoms with E-state index in [0.29, 0.717) is 10.9 Å². The van der Waals surface area contributed by atoms with Gasteiger partial charge in [0.2, 0.25) is 0 Å². The maximum absolute atomic E-state index is 13.7. The van der Waals surface area contributed by atoms with E-state index >= 15 is 0 Å². The second kappa shape index (κ2) is 5.20. The molecule has 1 aromatic carbocycles. The lowest BCUT2D eigenvalue weighted by molar-refractivity contribution is 0.0743. The Kier molecular flexibility index (Phi) is 3.96. The monoisotopic (exact) mass is 349 g/mol. The standard InChI is InChI=1S/C12H13BrFNO3S/c1-15(9-4-5-19(17,18)7-9)12(16)10-3-2-8(13)6-11(10)14/h2-3,6,9H,4-5,7H2,1H3. The molecule has 1 unspecified atom stereocenters. The molecule has 0 spiro atoms. The molecule has 1 saturated heterocycles. The number of nitrogens with zero attached hydrogens (tertiary/aromatic N) is 1. The van der Waals surface area contributed by atoms with Crippen LogP contribution < -0.4 is 0 Å². The Balaban J connectivity index is 2.20. The Hall–Kier alpha value is -0.950. The van der Waals surface area contributed by atoms with Gasteiger partial charge in [0, 0.05) is 17.6 Å². The van der Waals surface area contributed by atoms with Gasteiger partial charge in [-0.3, -0.25) is 4.79 Å². The summed E-state index contributed by atoms with van der Waals surface area (Å²) in [5.41, 5.74) is -0.0463. The summed E-state index contributed by atoms with van der Waals surface area (Å²) in [5.74, 6) is -1.08. The van der Waals surface area contributed by atoms with E-state index in [1.807, 2.05) is 0 Å². The molecule has 0 radical (unpaired) electrons. The Morgan fingerprint density at radius 2 is 2.16 bits per heavy atom. The molecule has 1 amide bonds. The number of rotatable bonds is 2. The van der Waals surface area contributed by atoms with Gasteiger partial charge in [-0.15, -0.1) is 0 Å². The second-order valence-electron chi connectivity index (χ2n) is 4.60. The average molecular weight is 350 g/mol. The van der Waals surface area contributed by atoms with Gasteiger partial charge >= 0.3 is 0 Å². The summed E-state index contributed by atoms with van der Waals surface area (Å²) in [5, 5.41) is 0. The third-order valence-electron chi connectivity index (χ3n) is 3.24. The van der Waals surface area contributed by atoms with Crippen molar-refractivity contribution in [1.29, 1.82) is 0 Å². The molecule has 0 aromatic heterocycles. The van der Waals surface area contributed by atoms with E-state index < -0.39 is 21.6 Å². The van der Waals surface area contributed by atoms with E-state index in [4.69, 9.17) is 0 Å².